The number of likely N-dealkylation sites (tertiary alicyclic amines) is 1. The molecule has 2 aliphatic rings. The minimum absolute atomic E-state index is 0.128. The summed E-state index contributed by atoms with van der Waals surface area (Å²) in [6.45, 7) is 6.76. The highest BCUT2D eigenvalue weighted by Crippen LogP contribution is 2.39. The van der Waals surface area contributed by atoms with Crippen LogP contribution >= 0.6 is 0 Å². The smallest absolute Gasteiger partial charge is 0.410 e. The molecular formula is C30H35N7O4. The molecule has 2 fully saturated rings. The van der Waals surface area contributed by atoms with Gasteiger partial charge in [-0.05, 0) is 82.2 Å². The highest BCUT2D eigenvalue weighted by Gasteiger charge is 2.30. The lowest BCUT2D eigenvalue weighted by Gasteiger charge is -2.32. The lowest BCUT2D eigenvalue weighted by molar-refractivity contribution is 0.0204. The number of hydrogen-bond donors (Lipinski definition) is 1. The van der Waals surface area contributed by atoms with Crippen LogP contribution < -0.4 is 10.1 Å². The van der Waals surface area contributed by atoms with Crippen molar-refractivity contribution in [3.8, 4) is 11.4 Å². The summed E-state index contributed by atoms with van der Waals surface area (Å²) in [6, 6.07) is 9.42. The molecule has 1 N–H and O–H groups in total. The van der Waals surface area contributed by atoms with Gasteiger partial charge in [0.05, 0.1) is 24.7 Å². The number of methoxy groups -OCH3 is 1. The summed E-state index contributed by atoms with van der Waals surface area (Å²) >= 11 is 0. The molecule has 11 heteroatoms. The van der Waals surface area contributed by atoms with Gasteiger partial charge in [0.25, 0.3) is 5.91 Å². The second-order valence-electron chi connectivity index (χ2n) is 11.7. The molecule has 1 aromatic carbocycles. The van der Waals surface area contributed by atoms with Crippen molar-refractivity contribution in [1.29, 1.82) is 0 Å². The van der Waals surface area contributed by atoms with Gasteiger partial charge < -0.3 is 19.7 Å². The number of nitrogens with zero attached hydrogens (tertiary/aromatic N) is 6. The Morgan fingerprint density at radius 2 is 1.73 bits per heavy atom. The zero-order valence-electron chi connectivity index (χ0n) is 23.8. The van der Waals surface area contributed by atoms with Crippen molar-refractivity contribution in [3.63, 3.8) is 0 Å². The van der Waals surface area contributed by atoms with Gasteiger partial charge in [0, 0.05) is 37.5 Å². The van der Waals surface area contributed by atoms with Crippen LogP contribution in [0.15, 0.2) is 48.9 Å². The van der Waals surface area contributed by atoms with Crippen LogP contribution in [0.4, 0.5) is 10.6 Å². The maximum Gasteiger partial charge on any atom is 0.410 e. The predicted octanol–water partition coefficient (Wildman–Crippen LogP) is 5.17. The largest absolute Gasteiger partial charge is 0.497 e. The van der Waals surface area contributed by atoms with E-state index in [1.54, 1.807) is 27.4 Å². The van der Waals surface area contributed by atoms with Gasteiger partial charge in [-0.15, -0.1) is 0 Å². The molecule has 1 aliphatic heterocycles. The Hall–Kier alpha value is -4.41. The third-order valence-electron chi connectivity index (χ3n) is 7.52. The fourth-order valence-corrected chi connectivity index (χ4v) is 5.15. The van der Waals surface area contributed by atoms with Crippen molar-refractivity contribution >= 4 is 23.5 Å². The molecule has 1 saturated carbocycles. The van der Waals surface area contributed by atoms with E-state index in [0.29, 0.717) is 36.0 Å². The Morgan fingerprint density at radius 1 is 1.00 bits per heavy atom. The highest BCUT2D eigenvalue weighted by atomic mass is 16.6. The first-order valence-corrected chi connectivity index (χ1v) is 14.1. The van der Waals surface area contributed by atoms with E-state index in [2.05, 4.69) is 15.4 Å². The molecule has 11 nitrogen and oxygen atoms in total. The van der Waals surface area contributed by atoms with E-state index in [1.807, 2.05) is 63.5 Å². The summed E-state index contributed by atoms with van der Waals surface area (Å²) in [5.74, 6) is 1.63. The molecule has 0 radical (unpaired) electrons. The minimum Gasteiger partial charge on any atom is -0.497 e. The minimum atomic E-state index is -0.533. The Bertz CT molecular complexity index is 1570. The molecule has 41 heavy (non-hydrogen) atoms. The Morgan fingerprint density at radius 3 is 2.39 bits per heavy atom. The normalized spacial score (nSPS) is 16.1. The first-order chi connectivity index (χ1) is 19.7. The van der Waals surface area contributed by atoms with E-state index >= 15 is 0 Å². The summed E-state index contributed by atoms with van der Waals surface area (Å²) < 4.78 is 14.3. The summed E-state index contributed by atoms with van der Waals surface area (Å²) in [7, 11) is 1.62. The maximum absolute atomic E-state index is 13.5. The van der Waals surface area contributed by atoms with E-state index in [4.69, 9.17) is 14.6 Å². The number of piperidine rings is 1. The van der Waals surface area contributed by atoms with Gasteiger partial charge >= 0.3 is 6.09 Å². The van der Waals surface area contributed by atoms with Crippen LogP contribution in [0.2, 0.25) is 0 Å². The van der Waals surface area contributed by atoms with E-state index in [9.17, 15) is 9.59 Å². The molecule has 1 saturated heterocycles. The van der Waals surface area contributed by atoms with Crippen LogP contribution in [-0.2, 0) is 4.74 Å². The Labute approximate surface area is 238 Å². The van der Waals surface area contributed by atoms with E-state index in [-0.39, 0.29) is 17.9 Å². The molecule has 214 valence electrons. The second-order valence-corrected chi connectivity index (χ2v) is 11.7. The van der Waals surface area contributed by atoms with Gasteiger partial charge in [0.1, 0.15) is 22.7 Å². The first-order valence-electron chi connectivity index (χ1n) is 14.1. The van der Waals surface area contributed by atoms with Crippen molar-refractivity contribution in [2.75, 3.05) is 25.5 Å². The number of fused-ring (bicyclic) bond motifs is 1. The van der Waals surface area contributed by atoms with Crippen molar-refractivity contribution in [2.45, 2.75) is 63.9 Å². The number of benzene rings is 1. The summed E-state index contributed by atoms with van der Waals surface area (Å²) in [6.07, 6.45) is 8.88. The predicted molar refractivity (Wildman–Crippen MR) is 153 cm³/mol. The number of amides is 2. The fourth-order valence-electron chi connectivity index (χ4n) is 5.15. The Kier molecular flexibility index (Phi) is 6.88. The van der Waals surface area contributed by atoms with Gasteiger partial charge in [-0.1, -0.05) is 0 Å². The van der Waals surface area contributed by atoms with Crippen LogP contribution in [0.3, 0.4) is 0 Å². The number of anilines is 1. The van der Waals surface area contributed by atoms with Gasteiger partial charge in [0.2, 0.25) is 0 Å². The van der Waals surface area contributed by atoms with Crippen molar-refractivity contribution in [2.24, 2.45) is 0 Å². The standard InChI is InChI=1S/C30H35N7O4/c1-30(2,3)41-29(39)35-13-11-20(12-14-35)25-15-26(37(34-25)22-7-9-23(40-4)10-8-22)33-28(38)24-17-32-36-18-21(19-5-6-19)16-31-27(24)36/h7-10,15-20H,5-6,11-14H2,1-4H3,(H,33,38). The zero-order chi connectivity index (χ0) is 28.7. The van der Waals surface area contributed by atoms with Crippen LogP contribution in [0.25, 0.3) is 11.3 Å². The van der Waals surface area contributed by atoms with Crippen LogP contribution in [-0.4, -0.2) is 67.1 Å². The van der Waals surface area contributed by atoms with Gasteiger partial charge in [-0.25, -0.2) is 19.0 Å². The van der Waals surface area contributed by atoms with E-state index in [1.165, 1.54) is 12.8 Å². The second kappa shape index (κ2) is 10.5. The lowest BCUT2D eigenvalue weighted by Crippen LogP contribution is -2.41. The average Bonchev–Trinajstić information content (AvgIpc) is 3.59. The number of aromatic nitrogens is 5. The summed E-state index contributed by atoms with van der Waals surface area (Å²) in [5.41, 5.74) is 3.15. The molecule has 1 aliphatic carbocycles. The number of rotatable bonds is 6. The highest BCUT2D eigenvalue weighted by molar-refractivity contribution is 6.07. The third-order valence-corrected chi connectivity index (χ3v) is 7.52. The third kappa shape index (κ3) is 5.75. The van der Waals surface area contributed by atoms with E-state index < -0.39 is 5.60 Å². The average molecular weight is 558 g/mol. The van der Waals surface area contributed by atoms with Gasteiger partial charge in [-0.3, -0.25) is 4.79 Å². The lowest BCUT2D eigenvalue weighted by atomic mass is 9.94. The molecule has 0 spiro atoms. The number of hydrogen-bond acceptors (Lipinski definition) is 7. The molecule has 4 heterocycles. The topological polar surface area (TPSA) is 116 Å². The number of carbonyl (C=O) groups excluding carboxylic acids is 2. The molecule has 4 aromatic rings. The maximum atomic E-state index is 13.5. The van der Waals surface area contributed by atoms with Crippen molar-refractivity contribution in [3.05, 3.63) is 65.7 Å². The number of carbonyl (C=O) groups is 2. The van der Waals surface area contributed by atoms with E-state index in [0.717, 1.165) is 35.5 Å². The molecule has 0 unspecified atom stereocenters. The number of ether oxygens (including phenoxy) is 2. The fraction of sp³-hybridized carbons (Fsp3) is 0.433. The molecule has 2 amide bonds. The molecule has 0 bridgehead atoms. The molecular weight excluding hydrogens is 522 g/mol. The zero-order valence-corrected chi connectivity index (χ0v) is 23.8. The number of nitrogens with one attached hydrogen (secondary N) is 1. The monoisotopic (exact) mass is 557 g/mol. The molecule has 6 rings (SSSR count). The summed E-state index contributed by atoms with van der Waals surface area (Å²) in [4.78, 5) is 32.3. The van der Waals surface area contributed by atoms with Crippen LogP contribution in [0.1, 0.15) is 79.9 Å². The van der Waals surface area contributed by atoms with Gasteiger partial charge in [-0.2, -0.15) is 10.2 Å². The Balaban J connectivity index is 1.24. The van der Waals surface area contributed by atoms with Crippen molar-refractivity contribution < 1.29 is 19.1 Å². The first kappa shape index (κ1) is 26.8. The molecule has 0 atom stereocenters. The quantitative estimate of drug-likeness (QED) is 0.348. The van der Waals surface area contributed by atoms with Gasteiger partial charge in [0.15, 0.2) is 5.65 Å². The van der Waals surface area contributed by atoms with Crippen molar-refractivity contribution in [1.82, 2.24) is 29.3 Å². The SMILES string of the molecule is COc1ccc(-n2nc(C3CCN(C(=O)OC(C)(C)C)CC3)cc2NC(=O)c2cnn3cc(C4CC4)cnc23)cc1. The van der Waals surface area contributed by atoms with Crippen LogP contribution in [0.5, 0.6) is 5.75 Å². The summed E-state index contributed by atoms with van der Waals surface area (Å²) in [5, 5.41) is 12.3. The van der Waals surface area contributed by atoms with Crippen LogP contribution in [0, 0.1) is 0 Å². The molecule has 3 aromatic heterocycles.